The van der Waals surface area contributed by atoms with Gasteiger partial charge in [-0.15, -0.1) is 0 Å². The average Bonchev–Trinajstić information content (AvgIpc) is 2.25. The molecule has 0 bridgehead atoms. The standard InChI is InChI=1S/C13H21N3O/c1-9-8-11(4-5-12(9)13(14)15)16(3)7-6-10(2)17/h4-5,8,10,17H,6-7H2,1-3H3,(H3,14,15). The summed E-state index contributed by atoms with van der Waals surface area (Å²) < 4.78 is 0. The second kappa shape index (κ2) is 5.68. The number of nitrogens with zero attached hydrogens (tertiary/aromatic N) is 1. The van der Waals surface area contributed by atoms with Crippen LogP contribution in [0.4, 0.5) is 5.69 Å². The van der Waals surface area contributed by atoms with Crippen LogP contribution in [-0.2, 0) is 0 Å². The minimum absolute atomic E-state index is 0.0979. The summed E-state index contributed by atoms with van der Waals surface area (Å²) in [7, 11) is 1.99. The largest absolute Gasteiger partial charge is 0.393 e. The Labute approximate surface area is 103 Å². The summed E-state index contributed by atoms with van der Waals surface area (Å²) in [6.07, 6.45) is 0.458. The average molecular weight is 235 g/mol. The lowest BCUT2D eigenvalue weighted by atomic mass is 10.1. The van der Waals surface area contributed by atoms with E-state index in [2.05, 4.69) is 4.90 Å². The number of nitrogens with one attached hydrogen (secondary N) is 1. The lowest BCUT2D eigenvalue weighted by Gasteiger charge is -2.21. The summed E-state index contributed by atoms with van der Waals surface area (Å²) in [5.74, 6) is 0.0979. The van der Waals surface area contributed by atoms with Crippen molar-refractivity contribution in [2.24, 2.45) is 5.73 Å². The Hall–Kier alpha value is -1.55. The molecular formula is C13H21N3O. The molecule has 0 saturated carbocycles. The molecule has 0 aromatic heterocycles. The zero-order valence-electron chi connectivity index (χ0n) is 10.7. The lowest BCUT2D eigenvalue weighted by molar-refractivity contribution is 0.187. The van der Waals surface area contributed by atoms with Crippen LogP contribution in [0.25, 0.3) is 0 Å². The van der Waals surface area contributed by atoms with Crippen molar-refractivity contribution >= 4 is 11.5 Å². The van der Waals surface area contributed by atoms with E-state index in [-0.39, 0.29) is 11.9 Å². The molecule has 0 amide bonds. The van der Waals surface area contributed by atoms with Crippen molar-refractivity contribution in [1.82, 2.24) is 0 Å². The van der Waals surface area contributed by atoms with Crippen LogP contribution >= 0.6 is 0 Å². The molecule has 0 saturated heterocycles. The number of rotatable bonds is 5. The predicted molar refractivity (Wildman–Crippen MR) is 71.8 cm³/mol. The summed E-state index contributed by atoms with van der Waals surface area (Å²) in [5, 5.41) is 16.7. The number of aliphatic hydroxyl groups is 1. The summed E-state index contributed by atoms with van der Waals surface area (Å²) in [4.78, 5) is 2.09. The molecular weight excluding hydrogens is 214 g/mol. The molecule has 1 aromatic rings. The van der Waals surface area contributed by atoms with Crippen LogP contribution in [0.3, 0.4) is 0 Å². The highest BCUT2D eigenvalue weighted by molar-refractivity contribution is 5.96. The van der Waals surface area contributed by atoms with Gasteiger partial charge < -0.3 is 15.7 Å². The summed E-state index contributed by atoms with van der Waals surface area (Å²) in [6.45, 7) is 4.54. The molecule has 1 unspecified atom stereocenters. The van der Waals surface area contributed by atoms with Crippen LogP contribution in [-0.4, -0.2) is 30.6 Å². The van der Waals surface area contributed by atoms with Gasteiger partial charge in [0.2, 0.25) is 0 Å². The van der Waals surface area contributed by atoms with Gasteiger partial charge >= 0.3 is 0 Å². The third-order valence-corrected chi connectivity index (χ3v) is 2.82. The highest BCUT2D eigenvalue weighted by Gasteiger charge is 2.06. The third kappa shape index (κ3) is 3.75. The molecule has 4 N–H and O–H groups in total. The maximum absolute atomic E-state index is 9.25. The molecule has 0 aliphatic heterocycles. The van der Waals surface area contributed by atoms with Crippen molar-refractivity contribution in [1.29, 1.82) is 5.41 Å². The Morgan fingerprint density at radius 2 is 2.18 bits per heavy atom. The molecule has 0 heterocycles. The number of hydrogen-bond acceptors (Lipinski definition) is 3. The highest BCUT2D eigenvalue weighted by Crippen LogP contribution is 2.18. The number of benzene rings is 1. The lowest BCUT2D eigenvalue weighted by Crippen LogP contribution is -2.22. The van der Waals surface area contributed by atoms with E-state index >= 15 is 0 Å². The van der Waals surface area contributed by atoms with Crippen LogP contribution < -0.4 is 10.6 Å². The maximum atomic E-state index is 9.25. The number of aliphatic hydroxyl groups excluding tert-OH is 1. The molecule has 0 fully saturated rings. The van der Waals surface area contributed by atoms with Crippen LogP contribution in [0.2, 0.25) is 0 Å². The van der Waals surface area contributed by atoms with Crippen molar-refractivity contribution in [3.05, 3.63) is 29.3 Å². The fourth-order valence-corrected chi connectivity index (χ4v) is 1.70. The highest BCUT2D eigenvalue weighted by atomic mass is 16.3. The second-order valence-electron chi connectivity index (χ2n) is 4.47. The Morgan fingerprint density at radius 3 is 2.65 bits per heavy atom. The van der Waals surface area contributed by atoms with E-state index in [1.165, 1.54) is 0 Å². The Kier molecular flexibility index (Phi) is 4.52. The Morgan fingerprint density at radius 1 is 1.53 bits per heavy atom. The van der Waals surface area contributed by atoms with Crippen LogP contribution in [0.5, 0.6) is 0 Å². The minimum Gasteiger partial charge on any atom is -0.393 e. The van der Waals surface area contributed by atoms with Crippen LogP contribution in [0.1, 0.15) is 24.5 Å². The second-order valence-corrected chi connectivity index (χ2v) is 4.47. The molecule has 0 radical (unpaired) electrons. The van der Waals surface area contributed by atoms with E-state index in [4.69, 9.17) is 11.1 Å². The molecule has 4 nitrogen and oxygen atoms in total. The number of aryl methyl sites for hydroxylation is 1. The third-order valence-electron chi connectivity index (χ3n) is 2.82. The van der Waals surface area contributed by atoms with E-state index in [1.54, 1.807) is 6.92 Å². The molecule has 0 aliphatic carbocycles. The van der Waals surface area contributed by atoms with Gasteiger partial charge in [0.1, 0.15) is 5.84 Å². The number of hydrogen-bond donors (Lipinski definition) is 3. The van der Waals surface area contributed by atoms with Crippen molar-refractivity contribution < 1.29 is 5.11 Å². The van der Waals surface area contributed by atoms with Gasteiger partial charge in [-0.3, -0.25) is 5.41 Å². The molecule has 4 heteroatoms. The van der Waals surface area contributed by atoms with Gasteiger partial charge in [-0.2, -0.15) is 0 Å². The molecule has 17 heavy (non-hydrogen) atoms. The van der Waals surface area contributed by atoms with Crippen molar-refractivity contribution in [3.8, 4) is 0 Å². The van der Waals surface area contributed by atoms with E-state index in [0.717, 1.165) is 29.8 Å². The monoisotopic (exact) mass is 235 g/mol. The molecule has 94 valence electrons. The summed E-state index contributed by atoms with van der Waals surface area (Å²) >= 11 is 0. The fourth-order valence-electron chi connectivity index (χ4n) is 1.70. The first-order valence-corrected chi connectivity index (χ1v) is 5.76. The van der Waals surface area contributed by atoms with E-state index in [1.807, 2.05) is 32.2 Å². The quantitative estimate of drug-likeness (QED) is 0.534. The van der Waals surface area contributed by atoms with Crippen molar-refractivity contribution in [2.75, 3.05) is 18.5 Å². The molecule has 1 rings (SSSR count). The van der Waals surface area contributed by atoms with Gasteiger partial charge in [0.15, 0.2) is 0 Å². The van der Waals surface area contributed by atoms with Gasteiger partial charge in [-0.1, -0.05) is 0 Å². The number of nitrogens with two attached hydrogens (primary N) is 1. The molecule has 0 spiro atoms. The van der Waals surface area contributed by atoms with Gasteiger partial charge in [-0.25, -0.2) is 0 Å². The molecule has 1 atom stereocenters. The normalized spacial score (nSPS) is 12.2. The van der Waals surface area contributed by atoms with E-state index in [0.29, 0.717) is 0 Å². The van der Waals surface area contributed by atoms with E-state index < -0.39 is 0 Å². The molecule has 0 aliphatic rings. The van der Waals surface area contributed by atoms with Crippen LogP contribution in [0.15, 0.2) is 18.2 Å². The first kappa shape index (κ1) is 13.5. The Balaban J connectivity index is 2.79. The minimum atomic E-state index is -0.282. The first-order valence-electron chi connectivity index (χ1n) is 5.76. The van der Waals surface area contributed by atoms with Gasteiger partial charge in [0.05, 0.1) is 6.10 Å². The van der Waals surface area contributed by atoms with Crippen molar-refractivity contribution in [3.63, 3.8) is 0 Å². The van der Waals surface area contributed by atoms with E-state index in [9.17, 15) is 5.11 Å². The number of amidine groups is 1. The topological polar surface area (TPSA) is 73.3 Å². The fraction of sp³-hybridized carbons (Fsp3) is 0.462. The Bertz CT molecular complexity index is 402. The number of nitrogen functional groups attached to an aromatic ring is 1. The first-order chi connectivity index (χ1) is 7.91. The predicted octanol–water partition coefficient (Wildman–Crippen LogP) is 1.49. The van der Waals surface area contributed by atoms with Crippen molar-refractivity contribution in [2.45, 2.75) is 26.4 Å². The van der Waals surface area contributed by atoms with Gasteiger partial charge in [0, 0.05) is 24.8 Å². The maximum Gasteiger partial charge on any atom is 0.123 e. The van der Waals surface area contributed by atoms with Gasteiger partial charge in [0.25, 0.3) is 0 Å². The zero-order valence-corrected chi connectivity index (χ0v) is 10.7. The number of anilines is 1. The summed E-state index contributed by atoms with van der Waals surface area (Å²) in [6, 6.07) is 5.83. The molecule has 1 aromatic carbocycles. The summed E-state index contributed by atoms with van der Waals surface area (Å²) in [5.41, 5.74) is 8.33. The SMILES string of the molecule is Cc1cc(N(C)CCC(C)O)ccc1C(=N)N. The smallest absolute Gasteiger partial charge is 0.123 e. The zero-order chi connectivity index (χ0) is 13.0. The van der Waals surface area contributed by atoms with Crippen LogP contribution in [0, 0.1) is 12.3 Å². The van der Waals surface area contributed by atoms with Gasteiger partial charge in [-0.05, 0) is 44.0 Å².